The Kier molecular flexibility index (Phi) is 6.52. The summed E-state index contributed by atoms with van der Waals surface area (Å²) in [6, 6.07) is 7.60. The lowest BCUT2D eigenvalue weighted by Crippen LogP contribution is -2.43. The zero-order valence-corrected chi connectivity index (χ0v) is 15.0. The minimum atomic E-state index is -0.235. The quantitative estimate of drug-likeness (QED) is 0.738. The van der Waals surface area contributed by atoms with Gasteiger partial charge in [-0.2, -0.15) is 0 Å². The number of methoxy groups -OCH3 is 1. The predicted octanol–water partition coefficient (Wildman–Crippen LogP) is 1.01. The molecule has 1 aromatic rings. The zero-order chi connectivity index (χ0) is 18.4. The summed E-state index contributed by atoms with van der Waals surface area (Å²) < 4.78 is 5.00. The number of hydrogen-bond donors (Lipinski definition) is 0. The largest absolute Gasteiger partial charge is 0.383 e. The number of amides is 3. The second kappa shape index (κ2) is 8.62. The van der Waals surface area contributed by atoms with E-state index in [9.17, 15) is 14.4 Å². The predicted molar refractivity (Wildman–Crippen MR) is 94.0 cm³/mol. The highest BCUT2D eigenvalue weighted by atomic mass is 16.5. The fourth-order valence-corrected chi connectivity index (χ4v) is 2.72. The van der Waals surface area contributed by atoms with Crippen LogP contribution in [0.4, 0.5) is 5.69 Å². The summed E-state index contributed by atoms with van der Waals surface area (Å²) in [5.74, 6) is -0.461. The van der Waals surface area contributed by atoms with Gasteiger partial charge in [0.25, 0.3) is 0 Å². The molecule has 1 aliphatic rings. The van der Waals surface area contributed by atoms with Crippen LogP contribution < -0.4 is 4.90 Å². The molecule has 7 nitrogen and oxygen atoms in total. The highest BCUT2D eigenvalue weighted by Crippen LogP contribution is 2.20. The van der Waals surface area contributed by atoms with Gasteiger partial charge in [0.2, 0.25) is 17.7 Å². The molecular formula is C18H25N3O4. The van der Waals surface area contributed by atoms with Crippen molar-refractivity contribution in [1.29, 1.82) is 0 Å². The van der Waals surface area contributed by atoms with E-state index in [-0.39, 0.29) is 37.5 Å². The second-order valence-electron chi connectivity index (χ2n) is 6.06. The molecule has 1 fully saturated rings. The summed E-state index contributed by atoms with van der Waals surface area (Å²) in [4.78, 5) is 41.3. The van der Waals surface area contributed by atoms with Gasteiger partial charge < -0.3 is 14.5 Å². The van der Waals surface area contributed by atoms with E-state index < -0.39 is 0 Å². The molecule has 0 bridgehead atoms. The number of benzene rings is 1. The molecule has 0 spiro atoms. The third-order valence-corrected chi connectivity index (χ3v) is 4.15. The third kappa shape index (κ3) is 4.79. The smallest absolute Gasteiger partial charge is 0.248 e. The maximum absolute atomic E-state index is 12.5. The fraction of sp³-hybridized carbons (Fsp3) is 0.500. The molecular weight excluding hydrogens is 322 g/mol. The molecule has 0 atom stereocenters. The summed E-state index contributed by atoms with van der Waals surface area (Å²) in [6.07, 6.45) is 0.325. The first-order valence-electron chi connectivity index (χ1n) is 8.37. The van der Waals surface area contributed by atoms with Crippen LogP contribution in [0, 0.1) is 6.92 Å². The molecule has 3 amide bonds. The maximum Gasteiger partial charge on any atom is 0.248 e. The van der Waals surface area contributed by atoms with Crippen molar-refractivity contribution in [2.45, 2.75) is 20.3 Å². The van der Waals surface area contributed by atoms with Crippen molar-refractivity contribution in [3.8, 4) is 0 Å². The van der Waals surface area contributed by atoms with Gasteiger partial charge in [-0.1, -0.05) is 19.1 Å². The van der Waals surface area contributed by atoms with Gasteiger partial charge >= 0.3 is 0 Å². The van der Waals surface area contributed by atoms with Crippen LogP contribution >= 0.6 is 0 Å². The molecule has 1 aromatic carbocycles. The normalized spacial score (nSPS) is 14.1. The molecule has 1 heterocycles. The molecule has 0 saturated carbocycles. The number of aryl methyl sites for hydroxylation is 1. The lowest BCUT2D eigenvalue weighted by Gasteiger charge is -2.24. The maximum atomic E-state index is 12.5. The molecule has 0 N–H and O–H groups in total. The third-order valence-electron chi connectivity index (χ3n) is 4.15. The summed E-state index contributed by atoms with van der Waals surface area (Å²) >= 11 is 0. The van der Waals surface area contributed by atoms with Crippen LogP contribution in [0.1, 0.15) is 18.9 Å². The van der Waals surface area contributed by atoms with E-state index in [1.807, 2.05) is 31.2 Å². The molecule has 1 aliphatic heterocycles. The van der Waals surface area contributed by atoms with E-state index >= 15 is 0 Å². The second-order valence-corrected chi connectivity index (χ2v) is 6.06. The van der Waals surface area contributed by atoms with E-state index in [2.05, 4.69) is 0 Å². The Hall–Kier alpha value is -2.41. The van der Waals surface area contributed by atoms with Crippen LogP contribution in [0.5, 0.6) is 0 Å². The van der Waals surface area contributed by atoms with Crippen molar-refractivity contribution in [1.82, 2.24) is 9.80 Å². The Morgan fingerprint density at radius 1 is 1.32 bits per heavy atom. The van der Waals surface area contributed by atoms with Crippen molar-refractivity contribution < 1.29 is 19.1 Å². The van der Waals surface area contributed by atoms with Gasteiger partial charge in [-0.25, -0.2) is 0 Å². The van der Waals surface area contributed by atoms with Crippen LogP contribution in [0.3, 0.4) is 0 Å². The van der Waals surface area contributed by atoms with Gasteiger partial charge in [-0.3, -0.25) is 19.3 Å². The molecule has 136 valence electrons. The van der Waals surface area contributed by atoms with Crippen molar-refractivity contribution in [2.24, 2.45) is 0 Å². The van der Waals surface area contributed by atoms with Gasteiger partial charge in [0.05, 0.1) is 13.2 Å². The lowest BCUT2D eigenvalue weighted by atomic mass is 10.2. The first kappa shape index (κ1) is 18.9. The SMILES string of the molecule is CCC(=O)N(CCOC)CC(=O)N1CC(=O)N(c2cccc(C)c2)C1. The van der Waals surface area contributed by atoms with Gasteiger partial charge in [-0.15, -0.1) is 0 Å². The highest BCUT2D eigenvalue weighted by molar-refractivity contribution is 6.00. The molecule has 25 heavy (non-hydrogen) atoms. The van der Waals surface area contributed by atoms with Crippen LogP contribution in [-0.2, 0) is 19.1 Å². The number of carbonyl (C=O) groups is 3. The van der Waals surface area contributed by atoms with Crippen molar-refractivity contribution in [3.63, 3.8) is 0 Å². The van der Waals surface area contributed by atoms with E-state index in [0.29, 0.717) is 19.6 Å². The van der Waals surface area contributed by atoms with Crippen LogP contribution in [0.2, 0.25) is 0 Å². The highest BCUT2D eigenvalue weighted by Gasteiger charge is 2.32. The van der Waals surface area contributed by atoms with E-state index in [0.717, 1.165) is 11.3 Å². The standard InChI is InChI=1S/C18H25N3O4/c1-4-16(22)19(8-9-25-3)11-17(23)20-12-18(24)21(13-20)15-7-5-6-14(2)10-15/h5-7,10H,4,8-9,11-13H2,1-3H3. The summed E-state index contributed by atoms with van der Waals surface area (Å²) in [6.45, 7) is 4.64. The Bertz CT molecular complexity index is 647. The number of carbonyl (C=O) groups excluding carboxylic acids is 3. The average Bonchev–Trinajstić information content (AvgIpc) is 2.99. The molecule has 0 aliphatic carbocycles. The molecule has 0 unspecified atom stereocenters. The first-order valence-corrected chi connectivity index (χ1v) is 8.37. The van der Waals surface area contributed by atoms with E-state index in [1.165, 1.54) is 9.80 Å². The van der Waals surface area contributed by atoms with Crippen LogP contribution in [-0.4, -0.2) is 67.5 Å². The topological polar surface area (TPSA) is 70.2 Å². The minimum absolute atomic E-state index is 0.0329. The number of nitrogens with zero attached hydrogens (tertiary/aromatic N) is 3. The Labute approximate surface area is 148 Å². The number of rotatable bonds is 7. The summed E-state index contributed by atoms with van der Waals surface area (Å²) in [7, 11) is 1.55. The Morgan fingerprint density at radius 3 is 2.72 bits per heavy atom. The number of hydrogen-bond acceptors (Lipinski definition) is 4. The van der Waals surface area contributed by atoms with E-state index in [1.54, 1.807) is 18.9 Å². The number of ether oxygens (including phenoxy) is 1. The van der Waals surface area contributed by atoms with Gasteiger partial charge in [-0.05, 0) is 24.6 Å². The summed E-state index contributed by atoms with van der Waals surface area (Å²) in [5.41, 5.74) is 1.83. The fourth-order valence-electron chi connectivity index (χ4n) is 2.72. The van der Waals surface area contributed by atoms with Crippen molar-refractivity contribution in [2.75, 3.05) is 44.9 Å². The van der Waals surface area contributed by atoms with Gasteiger partial charge in [0.15, 0.2) is 0 Å². The molecule has 7 heteroatoms. The minimum Gasteiger partial charge on any atom is -0.383 e. The Morgan fingerprint density at radius 2 is 2.08 bits per heavy atom. The van der Waals surface area contributed by atoms with E-state index in [4.69, 9.17) is 4.74 Å². The van der Waals surface area contributed by atoms with Gasteiger partial charge in [0.1, 0.15) is 13.2 Å². The summed E-state index contributed by atoms with van der Waals surface area (Å²) in [5, 5.41) is 0. The van der Waals surface area contributed by atoms with Crippen molar-refractivity contribution >= 4 is 23.4 Å². The Balaban J connectivity index is 2.02. The van der Waals surface area contributed by atoms with Crippen LogP contribution in [0.25, 0.3) is 0 Å². The molecule has 0 aromatic heterocycles. The average molecular weight is 347 g/mol. The van der Waals surface area contributed by atoms with Crippen molar-refractivity contribution in [3.05, 3.63) is 29.8 Å². The molecule has 0 radical (unpaired) electrons. The van der Waals surface area contributed by atoms with Crippen LogP contribution in [0.15, 0.2) is 24.3 Å². The first-order chi connectivity index (χ1) is 12.0. The molecule has 2 rings (SSSR count). The number of anilines is 1. The monoisotopic (exact) mass is 347 g/mol. The zero-order valence-electron chi connectivity index (χ0n) is 15.0. The lowest BCUT2D eigenvalue weighted by molar-refractivity contribution is -0.140. The van der Waals surface area contributed by atoms with Gasteiger partial charge in [0, 0.05) is 25.8 Å². The molecule has 1 saturated heterocycles.